The van der Waals surface area contributed by atoms with Crippen LogP contribution in [0.4, 0.5) is 5.69 Å². The molecule has 5 heteroatoms. The number of nitrogens with zero attached hydrogens (tertiary/aromatic N) is 1. The molecule has 0 spiro atoms. The molecule has 2 fully saturated rings. The van der Waals surface area contributed by atoms with E-state index in [1.807, 2.05) is 12.1 Å². The topological polar surface area (TPSA) is 61.4 Å². The Hall–Kier alpha value is -1.88. The molecule has 2 amide bonds. The summed E-state index contributed by atoms with van der Waals surface area (Å²) < 4.78 is 0. The average molecular weight is 305 g/mol. The fourth-order valence-corrected chi connectivity index (χ4v) is 3.23. The Morgan fingerprint density at radius 3 is 2.45 bits per heavy atom. The molecule has 1 unspecified atom stereocenters. The molecule has 1 atom stereocenters. The number of carbonyl (C=O) groups excluding carboxylic acids is 2. The average Bonchev–Trinajstić information content (AvgIpc) is 2.52. The first-order chi connectivity index (χ1) is 10.6. The summed E-state index contributed by atoms with van der Waals surface area (Å²) >= 11 is 0. The van der Waals surface area contributed by atoms with Crippen LogP contribution >= 0.6 is 0 Å². The summed E-state index contributed by atoms with van der Waals surface area (Å²) in [6.45, 7) is 2.31. The first-order valence-electron chi connectivity index (χ1n) is 8.00. The maximum Gasteiger partial charge on any atom is 0.249 e. The highest BCUT2D eigenvalue weighted by atomic mass is 16.2. The molecule has 2 heterocycles. The van der Waals surface area contributed by atoms with Gasteiger partial charge in [0.2, 0.25) is 11.8 Å². The number of likely N-dealkylation sites (tertiary alicyclic amines) is 1. The van der Waals surface area contributed by atoms with Gasteiger partial charge in [-0.3, -0.25) is 14.9 Å². The summed E-state index contributed by atoms with van der Waals surface area (Å²) in [5.41, 5.74) is 2.31. The largest absolute Gasteiger partial charge is 0.374 e. The molecule has 2 aliphatic rings. The minimum atomic E-state index is -0.313. The molecule has 2 aliphatic heterocycles. The molecule has 0 saturated carbocycles. The fraction of sp³-hybridized carbons (Fsp3) is 0.529. The van der Waals surface area contributed by atoms with Gasteiger partial charge in [0.05, 0.1) is 0 Å². The van der Waals surface area contributed by atoms with Crippen molar-refractivity contribution in [3.8, 4) is 0 Å². The Labute approximate surface area is 134 Å². The summed E-state index contributed by atoms with van der Waals surface area (Å²) in [4.78, 5) is 25.3. The summed E-state index contributed by atoms with van der Waals surface area (Å²) in [6.07, 6.45) is 3.37. The molecular formula is C17H27N3O2. The Balaban J connectivity index is 0.00000144. The van der Waals surface area contributed by atoms with Gasteiger partial charge in [-0.15, -0.1) is 0 Å². The van der Waals surface area contributed by atoms with Crippen LogP contribution < -0.4 is 10.6 Å². The Morgan fingerprint density at radius 2 is 1.82 bits per heavy atom. The van der Waals surface area contributed by atoms with E-state index in [-0.39, 0.29) is 20.7 Å². The van der Waals surface area contributed by atoms with Crippen LogP contribution in [0.25, 0.3) is 0 Å². The predicted molar refractivity (Wildman–Crippen MR) is 89.9 cm³/mol. The van der Waals surface area contributed by atoms with Gasteiger partial charge in [-0.25, -0.2) is 0 Å². The second-order valence-corrected chi connectivity index (χ2v) is 6.35. The molecular weight excluding hydrogens is 278 g/mol. The van der Waals surface area contributed by atoms with E-state index in [9.17, 15) is 9.59 Å². The number of imide groups is 1. The fourth-order valence-electron chi connectivity index (χ4n) is 3.23. The zero-order valence-corrected chi connectivity index (χ0v) is 13.0. The van der Waals surface area contributed by atoms with Crippen molar-refractivity contribution in [1.29, 1.82) is 0 Å². The lowest BCUT2D eigenvalue weighted by molar-refractivity contribution is -0.133. The van der Waals surface area contributed by atoms with E-state index in [0.717, 1.165) is 18.8 Å². The predicted octanol–water partition coefficient (Wildman–Crippen LogP) is 2.20. The Morgan fingerprint density at radius 1 is 1.14 bits per heavy atom. The molecule has 0 aromatic heterocycles. The van der Waals surface area contributed by atoms with E-state index < -0.39 is 0 Å². The number of benzene rings is 1. The van der Waals surface area contributed by atoms with Crippen molar-refractivity contribution in [2.24, 2.45) is 0 Å². The van der Waals surface area contributed by atoms with Gasteiger partial charge in [0.25, 0.3) is 0 Å². The van der Waals surface area contributed by atoms with Crippen LogP contribution in [0.1, 0.15) is 40.0 Å². The lowest BCUT2D eigenvalue weighted by Gasteiger charge is -2.29. The SMILES string of the molecule is CN1CCC(c2ccc(NC3CCC(=O)NC3=O)cc2)CC1.[HH].[HH]. The first-order valence-corrected chi connectivity index (χ1v) is 8.00. The number of piperidine rings is 2. The van der Waals surface area contributed by atoms with E-state index >= 15 is 0 Å². The van der Waals surface area contributed by atoms with Crippen LogP contribution in [0.2, 0.25) is 0 Å². The van der Waals surface area contributed by atoms with E-state index in [1.54, 1.807) is 0 Å². The molecule has 22 heavy (non-hydrogen) atoms. The Kier molecular flexibility index (Phi) is 4.43. The monoisotopic (exact) mass is 305 g/mol. The highest BCUT2D eigenvalue weighted by Gasteiger charge is 2.26. The smallest absolute Gasteiger partial charge is 0.249 e. The van der Waals surface area contributed by atoms with Gasteiger partial charge >= 0.3 is 0 Å². The van der Waals surface area contributed by atoms with Crippen LogP contribution in [-0.4, -0.2) is 42.9 Å². The number of anilines is 1. The number of carbonyl (C=O) groups is 2. The van der Waals surface area contributed by atoms with Crippen LogP contribution in [-0.2, 0) is 9.59 Å². The molecule has 1 aromatic carbocycles. The van der Waals surface area contributed by atoms with Crippen molar-refractivity contribution in [2.75, 3.05) is 25.5 Å². The third-order valence-corrected chi connectivity index (χ3v) is 4.68. The maximum absolute atomic E-state index is 11.8. The lowest BCUT2D eigenvalue weighted by Crippen LogP contribution is -2.47. The highest BCUT2D eigenvalue weighted by molar-refractivity contribution is 6.01. The van der Waals surface area contributed by atoms with Crippen LogP contribution in [0.5, 0.6) is 0 Å². The molecule has 2 saturated heterocycles. The van der Waals surface area contributed by atoms with Gasteiger partial charge in [-0.1, -0.05) is 12.1 Å². The van der Waals surface area contributed by atoms with Gasteiger partial charge in [0.15, 0.2) is 0 Å². The minimum absolute atomic E-state index is 0. The van der Waals surface area contributed by atoms with E-state index in [2.05, 4.69) is 34.7 Å². The molecule has 0 aliphatic carbocycles. The van der Waals surface area contributed by atoms with E-state index in [1.165, 1.54) is 18.4 Å². The number of rotatable bonds is 3. The molecule has 0 bridgehead atoms. The molecule has 5 nitrogen and oxygen atoms in total. The van der Waals surface area contributed by atoms with Gasteiger partial charge < -0.3 is 10.2 Å². The number of amides is 2. The first kappa shape index (κ1) is 15.0. The molecule has 0 radical (unpaired) electrons. The molecule has 1 aromatic rings. The summed E-state index contributed by atoms with van der Waals surface area (Å²) in [6, 6.07) is 8.08. The van der Waals surface area contributed by atoms with Crippen LogP contribution in [0.15, 0.2) is 24.3 Å². The minimum Gasteiger partial charge on any atom is -0.374 e. The van der Waals surface area contributed by atoms with Gasteiger partial charge in [-0.05, 0) is 63.0 Å². The quantitative estimate of drug-likeness (QED) is 0.841. The van der Waals surface area contributed by atoms with E-state index in [4.69, 9.17) is 0 Å². The third kappa shape index (κ3) is 3.47. The van der Waals surface area contributed by atoms with E-state index in [0.29, 0.717) is 18.8 Å². The summed E-state index contributed by atoms with van der Waals surface area (Å²) in [7, 11) is 2.17. The van der Waals surface area contributed by atoms with Gasteiger partial charge in [0, 0.05) is 15.0 Å². The normalized spacial score (nSPS) is 24.1. The zero-order valence-electron chi connectivity index (χ0n) is 13.0. The van der Waals surface area contributed by atoms with Gasteiger partial charge in [-0.2, -0.15) is 0 Å². The lowest BCUT2D eigenvalue weighted by atomic mass is 9.89. The second kappa shape index (κ2) is 6.48. The van der Waals surface area contributed by atoms with Crippen LogP contribution in [0.3, 0.4) is 0 Å². The molecule has 122 valence electrons. The number of hydrogen-bond acceptors (Lipinski definition) is 4. The molecule has 3 rings (SSSR count). The standard InChI is InChI=1S/C17H23N3O2.2H2/c1-20-10-8-13(9-11-20)12-2-4-14(5-3-12)18-15-6-7-16(21)19-17(15)22;;/h2-5,13,15,18H,6-11H2,1H3,(H,19,21,22);2*1H. The second-order valence-electron chi connectivity index (χ2n) is 6.35. The van der Waals surface area contributed by atoms with Crippen molar-refractivity contribution >= 4 is 17.5 Å². The third-order valence-electron chi connectivity index (χ3n) is 4.68. The summed E-state index contributed by atoms with van der Waals surface area (Å²) in [5, 5.41) is 5.59. The van der Waals surface area contributed by atoms with Gasteiger partial charge in [0.1, 0.15) is 6.04 Å². The van der Waals surface area contributed by atoms with Crippen LogP contribution in [0, 0.1) is 0 Å². The van der Waals surface area contributed by atoms with Crippen molar-refractivity contribution in [1.82, 2.24) is 10.2 Å². The Bertz CT molecular complexity index is 557. The highest BCUT2D eigenvalue weighted by Crippen LogP contribution is 2.28. The molecule has 2 N–H and O–H groups in total. The van der Waals surface area contributed by atoms with Crippen molar-refractivity contribution in [3.63, 3.8) is 0 Å². The van der Waals surface area contributed by atoms with Crippen molar-refractivity contribution in [3.05, 3.63) is 29.8 Å². The van der Waals surface area contributed by atoms with Crippen molar-refractivity contribution < 1.29 is 12.4 Å². The van der Waals surface area contributed by atoms with Crippen molar-refractivity contribution in [2.45, 2.75) is 37.6 Å². The zero-order chi connectivity index (χ0) is 15.5. The number of nitrogens with one attached hydrogen (secondary N) is 2. The number of hydrogen-bond donors (Lipinski definition) is 2. The summed E-state index contributed by atoms with van der Waals surface area (Å²) in [5.74, 6) is 0.233. The maximum atomic E-state index is 11.8.